The van der Waals surface area contributed by atoms with E-state index in [1.807, 2.05) is 24.3 Å². The summed E-state index contributed by atoms with van der Waals surface area (Å²) in [6.45, 7) is 1.97. The average molecular weight is 414 g/mol. The number of carbonyl (C=O) groups is 3. The van der Waals surface area contributed by atoms with Gasteiger partial charge in [-0.05, 0) is 61.7 Å². The van der Waals surface area contributed by atoms with Crippen LogP contribution in [-0.2, 0) is 4.74 Å². The number of ether oxygens (including phenoxy) is 1. The molecule has 0 aliphatic carbocycles. The van der Waals surface area contributed by atoms with E-state index in [-0.39, 0.29) is 11.8 Å². The van der Waals surface area contributed by atoms with E-state index in [0.717, 1.165) is 42.4 Å². The van der Waals surface area contributed by atoms with Crippen molar-refractivity contribution in [3.8, 4) is 0 Å². The van der Waals surface area contributed by atoms with Crippen LogP contribution >= 0.6 is 0 Å². The van der Waals surface area contributed by atoms with Gasteiger partial charge in [0.05, 0.1) is 18.4 Å². The summed E-state index contributed by atoms with van der Waals surface area (Å²) < 4.78 is 4.72. The van der Waals surface area contributed by atoms with E-state index in [9.17, 15) is 14.4 Å². The number of hydrogen-bond acceptors (Lipinski definition) is 5. The first-order valence-electron chi connectivity index (χ1n) is 10.5. The van der Waals surface area contributed by atoms with Gasteiger partial charge >= 0.3 is 5.97 Å². The molecule has 6 nitrogen and oxygen atoms in total. The van der Waals surface area contributed by atoms with Crippen LogP contribution in [0.1, 0.15) is 50.3 Å². The van der Waals surface area contributed by atoms with Gasteiger partial charge in [0.1, 0.15) is 0 Å². The minimum atomic E-state index is -0.469. The van der Waals surface area contributed by atoms with Gasteiger partial charge in [-0.3, -0.25) is 9.59 Å². The van der Waals surface area contributed by atoms with E-state index in [0.29, 0.717) is 22.4 Å². The van der Waals surface area contributed by atoms with E-state index in [1.165, 1.54) is 18.4 Å². The van der Waals surface area contributed by atoms with E-state index in [2.05, 4.69) is 4.90 Å². The maximum absolute atomic E-state index is 13.4. The van der Waals surface area contributed by atoms with E-state index in [4.69, 9.17) is 4.74 Å². The van der Waals surface area contributed by atoms with Crippen LogP contribution in [0.15, 0.2) is 54.6 Å². The zero-order chi connectivity index (χ0) is 21.5. The quantitative estimate of drug-likeness (QED) is 0.469. The largest absolute Gasteiger partial charge is 0.465 e. The van der Waals surface area contributed by atoms with Crippen molar-refractivity contribution in [3.63, 3.8) is 0 Å². The molecule has 156 valence electrons. The third-order valence-electron chi connectivity index (χ3n) is 6.13. The maximum Gasteiger partial charge on any atom is 0.337 e. The number of benzene rings is 3. The van der Waals surface area contributed by atoms with Crippen LogP contribution < -0.4 is 9.80 Å². The highest BCUT2D eigenvalue weighted by atomic mass is 16.5. The first kappa shape index (κ1) is 19.3. The third kappa shape index (κ3) is 3.06. The molecule has 0 unspecified atom stereocenters. The van der Waals surface area contributed by atoms with Gasteiger partial charge in [0.15, 0.2) is 0 Å². The third-order valence-corrected chi connectivity index (χ3v) is 6.13. The Morgan fingerprint density at radius 1 is 0.839 bits per heavy atom. The second-order valence-electron chi connectivity index (χ2n) is 7.89. The molecule has 2 aliphatic rings. The Morgan fingerprint density at radius 2 is 1.52 bits per heavy atom. The second-order valence-corrected chi connectivity index (χ2v) is 7.89. The number of methoxy groups -OCH3 is 1. The first-order valence-corrected chi connectivity index (χ1v) is 10.5. The predicted octanol–water partition coefficient (Wildman–Crippen LogP) is 4.42. The molecule has 0 atom stereocenters. The summed E-state index contributed by atoms with van der Waals surface area (Å²) in [5.41, 5.74) is 2.89. The van der Waals surface area contributed by atoms with Crippen LogP contribution in [0.25, 0.3) is 10.8 Å². The number of amides is 2. The molecule has 6 heteroatoms. The zero-order valence-electron chi connectivity index (χ0n) is 17.3. The number of imide groups is 1. The van der Waals surface area contributed by atoms with E-state index in [1.54, 1.807) is 30.3 Å². The molecule has 3 aromatic rings. The van der Waals surface area contributed by atoms with Crippen LogP contribution in [0.2, 0.25) is 0 Å². The SMILES string of the molecule is COC(=O)c1ccc(N2C(=O)c3cccc4c(N5CCCCC5)ccc(c34)C2=O)cc1. The number of hydrogen-bond donors (Lipinski definition) is 0. The van der Waals surface area contributed by atoms with Crippen molar-refractivity contribution in [2.45, 2.75) is 19.3 Å². The summed E-state index contributed by atoms with van der Waals surface area (Å²) >= 11 is 0. The van der Waals surface area contributed by atoms with Gasteiger partial charge in [-0.15, -0.1) is 0 Å². The summed E-state index contributed by atoms with van der Waals surface area (Å²) in [4.78, 5) is 42.0. The summed E-state index contributed by atoms with van der Waals surface area (Å²) in [7, 11) is 1.31. The zero-order valence-corrected chi connectivity index (χ0v) is 17.3. The van der Waals surface area contributed by atoms with Gasteiger partial charge in [-0.1, -0.05) is 12.1 Å². The fourth-order valence-electron chi connectivity index (χ4n) is 4.59. The Hall–Kier alpha value is -3.67. The lowest BCUT2D eigenvalue weighted by atomic mass is 9.92. The van der Waals surface area contributed by atoms with Crippen molar-refractivity contribution >= 4 is 39.9 Å². The van der Waals surface area contributed by atoms with Gasteiger partial charge in [0.2, 0.25) is 0 Å². The lowest BCUT2D eigenvalue weighted by Gasteiger charge is -2.32. The molecule has 0 bridgehead atoms. The molecule has 0 aromatic heterocycles. The molecule has 2 heterocycles. The number of anilines is 2. The number of piperidine rings is 1. The summed E-state index contributed by atoms with van der Waals surface area (Å²) in [6.07, 6.45) is 3.53. The van der Waals surface area contributed by atoms with Crippen molar-refractivity contribution < 1.29 is 19.1 Å². The fraction of sp³-hybridized carbons (Fsp3) is 0.240. The molecular formula is C25H22N2O4. The standard InChI is InChI=1S/C25H22N2O4/c1-31-25(30)16-8-10-17(11-9-16)27-23(28)19-7-5-6-18-21(26-14-3-2-4-15-26)13-12-20(22(18)19)24(27)29/h5-13H,2-4,14-15H2,1H3. The highest BCUT2D eigenvalue weighted by molar-refractivity contribution is 6.36. The molecule has 0 spiro atoms. The van der Waals surface area contributed by atoms with Crippen LogP contribution in [0.4, 0.5) is 11.4 Å². The van der Waals surface area contributed by atoms with Crippen molar-refractivity contribution in [2.24, 2.45) is 0 Å². The average Bonchev–Trinajstić information content (AvgIpc) is 2.82. The smallest absolute Gasteiger partial charge is 0.337 e. The van der Waals surface area contributed by atoms with Crippen molar-refractivity contribution in [1.29, 1.82) is 0 Å². The lowest BCUT2D eigenvalue weighted by molar-refractivity contribution is 0.0600. The van der Waals surface area contributed by atoms with Gasteiger partial charge in [0.25, 0.3) is 11.8 Å². The van der Waals surface area contributed by atoms with Crippen LogP contribution in [0, 0.1) is 0 Å². The van der Waals surface area contributed by atoms with E-state index >= 15 is 0 Å². The Kier molecular flexibility index (Phi) is 4.70. The summed E-state index contributed by atoms with van der Waals surface area (Å²) in [6, 6.07) is 15.8. The lowest BCUT2D eigenvalue weighted by Crippen LogP contribution is -2.40. The minimum absolute atomic E-state index is 0.357. The maximum atomic E-state index is 13.4. The molecule has 3 aromatic carbocycles. The molecule has 0 N–H and O–H groups in total. The molecule has 2 aliphatic heterocycles. The normalized spacial score (nSPS) is 16.0. The fourth-order valence-corrected chi connectivity index (χ4v) is 4.59. The number of carbonyl (C=O) groups excluding carboxylic acids is 3. The van der Waals surface area contributed by atoms with Crippen LogP contribution in [0.5, 0.6) is 0 Å². The Balaban J connectivity index is 1.60. The minimum Gasteiger partial charge on any atom is -0.465 e. The molecule has 1 fully saturated rings. The van der Waals surface area contributed by atoms with Crippen LogP contribution in [-0.4, -0.2) is 38.0 Å². The molecule has 1 saturated heterocycles. The second kappa shape index (κ2) is 7.54. The van der Waals surface area contributed by atoms with Gasteiger partial charge in [0, 0.05) is 40.7 Å². The highest BCUT2D eigenvalue weighted by Gasteiger charge is 2.35. The highest BCUT2D eigenvalue weighted by Crippen LogP contribution is 2.38. The number of rotatable bonds is 3. The first-order chi connectivity index (χ1) is 15.1. The van der Waals surface area contributed by atoms with Gasteiger partial charge in [-0.2, -0.15) is 0 Å². The predicted molar refractivity (Wildman–Crippen MR) is 119 cm³/mol. The number of nitrogens with zero attached hydrogens (tertiary/aromatic N) is 2. The van der Waals surface area contributed by atoms with Crippen molar-refractivity contribution in [2.75, 3.05) is 30.0 Å². The molecule has 5 rings (SSSR count). The molecule has 0 saturated carbocycles. The topological polar surface area (TPSA) is 66.9 Å². The van der Waals surface area contributed by atoms with Crippen molar-refractivity contribution in [3.05, 3.63) is 71.3 Å². The monoisotopic (exact) mass is 414 g/mol. The van der Waals surface area contributed by atoms with Gasteiger partial charge < -0.3 is 9.64 Å². The Labute approximate surface area is 180 Å². The molecule has 31 heavy (non-hydrogen) atoms. The van der Waals surface area contributed by atoms with Crippen LogP contribution in [0.3, 0.4) is 0 Å². The summed E-state index contributed by atoms with van der Waals surface area (Å²) in [5.74, 6) is -1.18. The van der Waals surface area contributed by atoms with E-state index < -0.39 is 5.97 Å². The van der Waals surface area contributed by atoms with Crippen molar-refractivity contribution in [1.82, 2.24) is 0 Å². The molecule has 0 radical (unpaired) electrons. The van der Waals surface area contributed by atoms with Gasteiger partial charge in [-0.25, -0.2) is 9.69 Å². The Morgan fingerprint density at radius 3 is 2.19 bits per heavy atom. The Bertz CT molecular complexity index is 1190. The summed E-state index contributed by atoms with van der Waals surface area (Å²) in [5, 5.41) is 1.67. The molecule has 2 amide bonds. The number of esters is 1. The molecular weight excluding hydrogens is 392 g/mol.